The lowest BCUT2D eigenvalue weighted by Gasteiger charge is -2.35. The number of nitrogens with zero attached hydrogens (tertiary/aromatic N) is 3. The second-order valence-electron chi connectivity index (χ2n) is 6.04. The number of rotatable bonds is 5. The Morgan fingerprint density at radius 3 is 2.86 bits per heavy atom. The van der Waals surface area contributed by atoms with Gasteiger partial charge in [0.05, 0.1) is 12.2 Å². The molecule has 1 aliphatic rings. The number of likely N-dealkylation sites (N-methyl/N-ethyl adjacent to an activating group) is 1. The molecule has 0 aliphatic carbocycles. The zero-order chi connectivity index (χ0) is 15.4. The van der Waals surface area contributed by atoms with Crippen molar-refractivity contribution in [3.05, 3.63) is 12.3 Å². The number of carbonyl (C=O) groups excluding carboxylic acids is 1. The lowest BCUT2D eigenvalue weighted by atomic mass is 10.0. The molecule has 2 rings (SSSR count). The molecule has 0 radical (unpaired) electrons. The Kier molecular flexibility index (Phi) is 5.36. The van der Waals surface area contributed by atoms with E-state index in [1.54, 1.807) is 6.20 Å². The first kappa shape index (κ1) is 16.0. The van der Waals surface area contributed by atoms with E-state index in [0.717, 1.165) is 25.3 Å². The number of hydrogen-bond acceptors (Lipinski definition) is 4. The molecular formula is C15H27N5O. The summed E-state index contributed by atoms with van der Waals surface area (Å²) in [4.78, 5) is 14.7. The summed E-state index contributed by atoms with van der Waals surface area (Å²) in [6, 6.07) is 2.43. The van der Waals surface area contributed by atoms with Crippen LogP contribution in [0, 0.1) is 0 Å². The van der Waals surface area contributed by atoms with E-state index >= 15 is 0 Å². The number of carbonyl (C=O) groups is 1. The third-order valence-corrected chi connectivity index (χ3v) is 4.20. The molecule has 1 fully saturated rings. The molecule has 2 atom stereocenters. The van der Waals surface area contributed by atoms with E-state index in [2.05, 4.69) is 20.6 Å². The molecule has 6 nitrogen and oxygen atoms in total. The average Bonchev–Trinajstić information content (AvgIpc) is 2.94. The fourth-order valence-electron chi connectivity index (χ4n) is 2.82. The van der Waals surface area contributed by atoms with Crippen LogP contribution in [0.15, 0.2) is 12.3 Å². The summed E-state index contributed by atoms with van der Waals surface area (Å²) in [6.07, 6.45) is 4.03. The molecule has 2 unspecified atom stereocenters. The highest BCUT2D eigenvalue weighted by Gasteiger charge is 2.27. The van der Waals surface area contributed by atoms with Crippen LogP contribution >= 0.6 is 0 Å². The smallest absolute Gasteiger partial charge is 0.242 e. The van der Waals surface area contributed by atoms with Gasteiger partial charge < -0.3 is 10.6 Å². The first-order valence-corrected chi connectivity index (χ1v) is 7.78. The third-order valence-electron chi connectivity index (χ3n) is 4.20. The van der Waals surface area contributed by atoms with Crippen LogP contribution in [0.25, 0.3) is 0 Å². The van der Waals surface area contributed by atoms with E-state index in [4.69, 9.17) is 0 Å². The molecule has 1 saturated heterocycles. The lowest BCUT2D eigenvalue weighted by Crippen LogP contribution is -2.51. The molecule has 2 N–H and O–H groups in total. The van der Waals surface area contributed by atoms with E-state index in [1.807, 2.05) is 38.6 Å². The van der Waals surface area contributed by atoms with Crippen molar-refractivity contribution in [3.63, 3.8) is 0 Å². The van der Waals surface area contributed by atoms with Crippen molar-refractivity contribution >= 4 is 11.7 Å². The highest BCUT2D eigenvalue weighted by atomic mass is 16.2. The summed E-state index contributed by atoms with van der Waals surface area (Å²) in [7, 11) is 1.99. The molecule has 1 aromatic heterocycles. The molecule has 0 saturated carbocycles. The van der Waals surface area contributed by atoms with E-state index in [0.29, 0.717) is 6.04 Å². The Bertz CT molecular complexity index is 470. The Morgan fingerprint density at radius 2 is 2.19 bits per heavy atom. The van der Waals surface area contributed by atoms with Crippen molar-refractivity contribution in [1.82, 2.24) is 20.0 Å². The van der Waals surface area contributed by atoms with Gasteiger partial charge in [-0.05, 0) is 47.2 Å². The molecular weight excluding hydrogens is 266 g/mol. The molecule has 118 valence electrons. The Labute approximate surface area is 126 Å². The summed E-state index contributed by atoms with van der Waals surface area (Å²) in [5, 5.41) is 10.6. The van der Waals surface area contributed by atoms with E-state index < -0.39 is 0 Å². The largest absolute Gasteiger partial charge is 0.316 e. The molecule has 0 spiro atoms. The molecule has 21 heavy (non-hydrogen) atoms. The number of amides is 1. The molecule has 1 aliphatic heterocycles. The molecule has 0 bridgehead atoms. The zero-order valence-electron chi connectivity index (χ0n) is 13.5. The van der Waals surface area contributed by atoms with Gasteiger partial charge in [0.1, 0.15) is 5.82 Å². The van der Waals surface area contributed by atoms with Gasteiger partial charge in [0.25, 0.3) is 0 Å². The monoisotopic (exact) mass is 293 g/mol. The minimum absolute atomic E-state index is 0.0363. The van der Waals surface area contributed by atoms with Gasteiger partial charge in [-0.3, -0.25) is 9.69 Å². The standard InChI is InChI=1S/C15H27N5O/c1-11(2)20-14(7-8-17-20)18-15(21)12(3)19-9-5-6-13(10-19)16-4/h7-8,11-13,16H,5-6,9-10H2,1-4H3,(H,18,21). The van der Waals surface area contributed by atoms with Gasteiger partial charge in [0.2, 0.25) is 5.91 Å². The van der Waals surface area contributed by atoms with Crippen LogP contribution in [0.2, 0.25) is 0 Å². The van der Waals surface area contributed by atoms with E-state index in [1.165, 1.54) is 6.42 Å². The Morgan fingerprint density at radius 1 is 1.43 bits per heavy atom. The van der Waals surface area contributed by atoms with Gasteiger partial charge in [0, 0.05) is 24.7 Å². The second kappa shape index (κ2) is 7.04. The number of piperidine rings is 1. The van der Waals surface area contributed by atoms with Gasteiger partial charge in [-0.2, -0.15) is 5.10 Å². The van der Waals surface area contributed by atoms with Crippen molar-refractivity contribution in [2.45, 2.75) is 51.7 Å². The minimum Gasteiger partial charge on any atom is -0.316 e. The van der Waals surface area contributed by atoms with Gasteiger partial charge in [-0.1, -0.05) is 0 Å². The van der Waals surface area contributed by atoms with Crippen LogP contribution in [0.3, 0.4) is 0 Å². The number of hydrogen-bond donors (Lipinski definition) is 2. The predicted octanol–water partition coefficient (Wildman–Crippen LogP) is 1.47. The molecule has 0 aromatic carbocycles. The predicted molar refractivity (Wildman–Crippen MR) is 84.4 cm³/mol. The Balaban J connectivity index is 1.97. The number of aromatic nitrogens is 2. The number of anilines is 1. The summed E-state index contributed by atoms with van der Waals surface area (Å²) in [5.74, 6) is 0.804. The van der Waals surface area contributed by atoms with Gasteiger partial charge in [0.15, 0.2) is 0 Å². The summed E-state index contributed by atoms with van der Waals surface area (Å²) >= 11 is 0. The average molecular weight is 293 g/mol. The molecule has 1 aromatic rings. The van der Waals surface area contributed by atoms with Gasteiger partial charge in [-0.15, -0.1) is 0 Å². The van der Waals surface area contributed by atoms with Crippen LogP contribution in [-0.2, 0) is 4.79 Å². The lowest BCUT2D eigenvalue weighted by molar-refractivity contribution is -0.121. The summed E-state index contributed by atoms with van der Waals surface area (Å²) < 4.78 is 1.83. The van der Waals surface area contributed by atoms with Crippen LogP contribution in [0.5, 0.6) is 0 Å². The number of nitrogens with one attached hydrogen (secondary N) is 2. The second-order valence-corrected chi connectivity index (χ2v) is 6.04. The SMILES string of the molecule is CNC1CCCN(C(C)C(=O)Nc2ccnn2C(C)C)C1. The van der Waals surface area contributed by atoms with Crippen molar-refractivity contribution in [3.8, 4) is 0 Å². The van der Waals surface area contributed by atoms with Crippen LogP contribution in [0.4, 0.5) is 5.82 Å². The quantitative estimate of drug-likeness (QED) is 0.863. The fraction of sp³-hybridized carbons (Fsp3) is 0.733. The highest BCUT2D eigenvalue weighted by molar-refractivity contribution is 5.93. The normalized spacial score (nSPS) is 21.5. The van der Waals surface area contributed by atoms with Gasteiger partial charge in [-0.25, -0.2) is 4.68 Å². The summed E-state index contributed by atoms with van der Waals surface area (Å²) in [6.45, 7) is 7.98. The minimum atomic E-state index is -0.128. The van der Waals surface area contributed by atoms with Crippen LogP contribution in [-0.4, -0.2) is 52.8 Å². The molecule has 2 heterocycles. The molecule has 1 amide bonds. The summed E-state index contributed by atoms with van der Waals surface area (Å²) in [5.41, 5.74) is 0. The maximum atomic E-state index is 12.5. The first-order chi connectivity index (χ1) is 10.0. The fourth-order valence-corrected chi connectivity index (χ4v) is 2.82. The van der Waals surface area contributed by atoms with Crippen LogP contribution < -0.4 is 10.6 Å². The highest BCUT2D eigenvalue weighted by Crippen LogP contribution is 2.16. The topological polar surface area (TPSA) is 62.2 Å². The maximum absolute atomic E-state index is 12.5. The third kappa shape index (κ3) is 3.83. The van der Waals surface area contributed by atoms with Crippen molar-refractivity contribution in [2.75, 3.05) is 25.5 Å². The van der Waals surface area contributed by atoms with E-state index in [-0.39, 0.29) is 18.0 Å². The molecule has 6 heteroatoms. The van der Waals surface area contributed by atoms with Gasteiger partial charge >= 0.3 is 0 Å². The van der Waals surface area contributed by atoms with Crippen molar-refractivity contribution < 1.29 is 4.79 Å². The Hall–Kier alpha value is -1.40. The van der Waals surface area contributed by atoms with Crippen molar-refractivity contribution in [2.24, 2.45) is 0 Å². The maximum Gasteiger partial charge on any atom is 0.242 e. The van der Waals surface area contributed by atoms with Crippen LogP contribution in [0.1, 0.15) is 39.7 Å². The van der Waals surface area contributed by atoms with Crippen molar-refractivity contribution in [1.29, 1.82) is 0 Å². The number of likely N-dealkylation sites (tertiary alicyclic amines) is 1. The zero-order valence-corrected chi connectivity index (χ0v) is 13.5. The first-order valence-electron chi connectivity index (χ1n) is 7.78. The van der Waals surface area contributed by atoms with E-state index in [9.17, 15) is 4.79 Å².